The highest BCUT2D eigenvalue weighted by molar-refractivity contribution is 9.10. The first kappa shape index (κ1) is 13.8. The van der Waals surface area contributed by atoms with Crippen LogP contribution in [0.15, 0.2) is 22.7 Å². The van der Waals surface area contributed by atoms with Crippen molar-refractivity contribution in [2.24, 2.45) is 5.41 Å². The van der Waals surface area contributed by atoms with Crippen LogP contribution in [0.3, 0.4) is 0 Å². The lowest BCUT2D eigenvalue weighted by molar-refractivity contribution is -0.0542. The molecule has 1 N–H and O–H groups in total. The van der Waals surface area contributed by atoms with Gasteiger partial charge in [-0.15, -0.1) is 0 Å². The summed E-state index contributed by atoms with van der Waals surface area (Å²) in [5, 5.41) is 3.45. The average molecular weight is 316 g/mol. The second-order valence-corrected chi connectivity index (χ2v) is 6.20. The van der Waals surface area contributed by atoms with E-state index < -0.39 is 0 Å². The highest BCUT2D eigenvalue weighted by atomic mass is 79.9. The number of hydrogen-bond acceptors (Lipinski definition) is 2. The van der Waals surface area contributed by atoms with Crippen molar-refractivity contribution in [2.75, 3.05) is 6.54 Å². The van der Waals surface area contributed by atoms with Gasteiger partial charge in [-0.25, -0.2) is 4.39 Å². The predicted octanol–water partition coefficient (Wildman–Crippen LogP) is 3.74. The summed E-state index contributed by atoms with van der Waals surface area (Å²) in [6.45, 7) is 7.44. The summed E-state index contributed by atoms with van der Waals surface area (Å²) in [6, 6.07) is 5.38. The summed E-state index contributed by atoms with van der Waals surface area (Å²) >= 11 is 3.14. The maximum atomic E-state index is 13.4. The molecule has 2 atom stereocenters. The molecule has 18 heavy (non-hydrogen) atoms. The molecular formula is C14H19BrFNO. The third kappa shape index (κ3) is 2.54. The van der Waals surface area contributed by atoms with E-state index in [-0.39, 0.29) is 17.3 Å². The number of benzene rings is 1. The largest absolute Gasteiger partial charge is 0.490 e. The number of ether oxygens (including phenoxy) is 1. The zero-order valence-electron chi connectivity index (χ0n) is 11.0. The second-order valence-electron chi connectivity index (χ2n) is 5.35. The minimum atomic E-state index is -0.284. The molecule has 1 aliphatic rings. The highest BCUT2D eigenvalue weighted by Crippen LogP contribution is 2.43. The summed E-state index contributed by atoms with van der Waals surface area (Å²) < 4.78 is 19.7. The Kier molecular flexibility index (Phi) is 3.97. The van der Waals surface area contributed by atoms with Crippen LogP contribution in [0.25, 0.3) is 0 Å². The molecule has 1 aromatic rings. The third-order valence-corrected chi connectivity index (χ3v) is 4.44. The topological polar surface area (TPSA) is 21.3 Å². The molecule has 0 amide bonds. The van der Waals surface area contributed by atoms with Gasteiger partial charge in [0, 0.05) is 23.9 Å². The molecule has 0 bridgehead atoms. The van der Waals surface area contributed by atoms with Crippen LogP contribution < -0.4 is 10.1 Å². The van der Waals surface area contributed by atoms with Crippen molar-refractivity contribution in [3.05, 3.63) is 28.5 Å². The Balaban J connectivity index is 2.01. The van der Waals surface area contributed by atoms with Gasteiger partial charge in [0.15, 0.2) is 0 Å². The van der Waals surface area contributed by atoms with Crippen molar-refractivity contribution in [3.8, 4) is 5.75 Å². The SMILES string of the molecule is CCNC1CC(Oc2ccc(Br)c(F)c2)C1(C)C. The van der Waals surface area contributed by atoms with Gasteiger partial charge in [-0.05, 0) is 34.6 Å². The van der Waals surface area contributed by atoms with E-state index in [1.54, 1.807) is 12.1 Å². The van der Waals surface area contributed by atoms with E-state index in [1.807, 2.05) is 0 Å². The smallest absolute Gasteiger partial charge is 0.141 e. The fourth-order valence-electron chi connectivity index (χ4n) is 2.39. The summed E-state index contributed by atoms with van der Waals surface area (Å²) in [4.78, 5) is 0. The monoisotopic (exact) mass is 315 g/mol. The third-order valence-electron chi connectivity index (χ3n) is 3.80. The van der Waals surface area contributed by atoms with Crippen molar-refractivity contribution in [2.45, 2.75) is 39.3 Å². The van der Waals surface area contributed by atoms with E-state index in [0.29, 0.717) is 16.3 Å². The Morgan fingerprint density at radius 3 is 2.78 bits per heavy atom. The van der Waals surface area contributed by atoms with Crippen LogP contribution in [0.5, 0.6) is 5.75 Å². The van der Waals surface area contributed by atoms with E-state index >= 15 is 0 Å². The molecule has 4 heteroatoms. The zero-order valence-corrected chi connectivity index (χ0v) is 12.6. The first-order chi connectivity index (χ1) is 8.45. The molecule has 0 radical (unpaired) electrons. The molecule has 2 nitrogen and oxygen atoms in total. The van der Waals surface area contributed by atoms with E-state index in [9.17, 15) is 4.39 Å². The quantitative estimate of drug-likeness (QED) is 0.913. The number of rotatable bonds is 4. The van der Waals surface area contributed by atoms with E-state index in [0.717, 1.165) is 13.0 Å². The highest BCUT2D eigenvalue weighted by Gasteiger charge is 2.49. The molecule has 1 fully saturated rings. The standard InChI is InChI=1S/C14H19BrFNO/c1-4-17-12-8-13(14(12,2)3)18-9-5-6-10(15)11(16)7-9/h5-7,12-13,17H,4,8H2,1-3H3. The Labute approximate surface area is 116 Å². The van der Waals surface area contributed by atoms with Crippen molar-refractivity contribution in [1.29, 1.82) is 0 Å². The minimum Gasteiger partial charge on any atom is -0.490 e. The van der Waals surface area contributed by atoms with E-state index in [1.165, 1.54) is 6.07 Å². The lowest BCUT2D eigenvalue weighted by Crippen LogP contribution is -2.62. The number of halogens is 2. The molecule has 1 aromatic carbocycles. The van der Waals surface area contributed by atoms with Crippen LogP contribution >= 0.6 is 15.9 Å². The molecule has 0 spiro atoms. The van der Waals surface area contributed by atoms with Gasteiger partial charge in [0.1, 0.15) is 17.7 Å². The molecule has 1 saturated carbocycles. The van der Waals surface area contributed by atoms with Gasteiger partial charge in [-0.1, -0.05) is 20.8 Å². The van der Waals surface area contributed by atoms with E-state index in [4.69, 9.17) is 4.74 Å². The molecule has 0 aliphatic heterocycles. The molecule has 0 saturated heterocycles. The first-order valence-corrected chi connectivity index (χ1v) is 7.09. The van der Waals surface area contributed by atoms with Crippen LogP contribution in [0.1, 0.15) is 27.2 Å². The van der Waals surface area contributed by atoms with E-state index in [2.05, 4.69) is 42.0 Å². The molecule has 100 valence electrons. The summed E-state index contributed by atoms with van der Waals surface area (Å²) in [5.74, 6) is 0.316. The van der Waals surface area contributed by atoms with Gasteiger partial charge in [-0.3, -0.25) is 0 Å². The fraction of sp³-hybridized carbons (Fsp3) is 0.571. The van der Waals surface area contributed by atoms with Crippen LogP contribution in [0.2, 0.25) is 0 Å². The van der Waals surface area contributed by atoms with Crippen molar-refractivity contribution in [1.82, 2.24) is 5.32 Å². The molecular weight excluding hydrogens is 297 g/mol. The van der Waals surface area contributed by atoms with Gasteiger partial charge >= 0.3 is 0 Å². The van der Waals surface area contributed by atoms with Gasteiger partial charge in [0.25, 0.3) is 0 Å². The van der Waals surface area contributed by atoms with Crippen molar-refractivity contribution < 1.29 is 9.13 Å². The van der Waals surface area contributed by atoms with Crippen LogP contribution in [-0.4, -0.2) is 18.7 Å². The maximum absolute atomic E-state index is 13.4. The van der Waals surface area contributed by atoms with Gasteiger partial charge in [0.2, 0.25) is 0 Å². The van der Waals surface area contributed by atoms with Crippen LogP contribution in [-0.2, 0) is 0 Å². The summed E-state index contributed by atoms with van der Waals surface area (Å²) in [7, 11) is 0. The fourth-order valence-corrected chi connectivity index (χ4v) is 2.64. The number of nitrogens with one attached hydrogen (secondary N) is 1. The Morgan fingerprint density at radius 1 is 1.50 bits per heavy atom. The molecule has 2 unspecified atom stereocenters. The average Bonchev–Trinajstić information content (AvgIpc) is 2.32. The van der Waals surface area contributed by atoms with Crippen LogP contribution in [0.4, 0.5) is 4.39 Å². The Bertz CT molecular complexity index is 436. The molecule has 2 rings (SSSR count). The molecule has 0 aromatic heterocycles. The Morgan fingerprint density at radius 2 is 2.22 bits per heavy atom. The first-order valence-electron chi connectivity index (χ1n) is 6.30. The van der Waals surface area contributed by atoms with Gasteiger partial charge in [0.05, 0.1) is 4.47 Å². The molecule has 1 aliphatic carbocycles. The summed E-state index contributed by atoms with van der Waals surface area (Å²) in [5.41, 5.74) is 0.0829. The van der Waals surface area contributed by atoms with Gasteiger partial charge in [-0.2, -0.15) is 0 Å². The minimum absolute atomic E-state index is 0.0829. The number of hydrogen-bond donors (Lipinski definition) is 1. The lowest BCUT2D eigenvalue weighted by Gasteiger charge is -2.51. The predicted molar refractivity (Wildman–Crippen MR) is 74.4 cm³/mol. The Hall–Kier alpha value is -0.610. The molecule has 0 heterocycles. The zero-order chi connectivity index (χ0) is 13.3. The van der Waals surface area contributed by atoms with Crippen molar-refractivity contribution in [3.63, 3.8) is 0 Å². The normalized spacial score (nSPS) is 25.6. The lowest BCUT2D eigenvalue weighted by atomic mass is 9.64. The summed E-state index contributed by atoms with van der Waals surface area (Å²) in [6.07, 6.45) is 1.11. The van der Waals surface area contributed by atoms with Gasteiger partial charge < -0.3 is 10.1 Å². The second kappa shape index (κ2) is 5.17. The van der Waals surface area contributed by atoms with Crippen LogP contribution in [0, 0.1) is 11.2 Å². The maximum Gasteiger partial charge on any atom is 0.141 e. The van der Waals surface area contributed by atoms with Crippen molar-refractivity contribution >= 4 is 15.9 Å².